The van der Waals surface area contributed by atoms with Gasteiger partial charge < -0.3 is 0 Å². The van der Waals surface area contributed by atoms with Gasteiger partial charge in [-0.2, -0.15) is 0 Å². The van der Waals surface area contributed by atoms with Crippen molar-refractivity contribution in [3.05, 3.63) is 74.3 Å². The number of hydrogen-bond donors (Lipinski definition) is 0. The van der Waals surface area contributed by atoms with E-state index in [-0.39, 0.29) is 16.3 Å². The van der Waals surface area contributed by atoms with Gasteiger partial charge >= 0.3 is 0 Å². The topological polar surface area (TPSA) is 75.8 Å². The van der Waals surface area contributed by atoms with Crippen LogP contribution in [0.15, 0.2) is 47.5 Å². The number of halogens is 1. The lowest BCUT2D eigenvalue weighted by Gasteiger charge is -2.18. The molecule has 0 unspecified atom stereocenters. The lowest BCUT2D eigenvalue weighted by atomic mass is 10.1. The molecule has 1 heterocycles. The monoisotopic (exact) mass is 389 g/mol. The van der Waals surface area contributed by atoms with Gasteiger partial charge in [0, 0.05) is 23.4 Å². The predicted molar refractivity (Wildman–Crippen MR) is 104 cm³/mol. The molecule has 0 saturated carbocycles. The average Bonchev–Trinajstić information content (AvgIpc) is 3.09. The maximum atomic E-state index is 12.9. The number of benzene rings is 2. The molecule has 0 aliphatic carbocycles. The molecule has 2 aromatic carbocycles. The van der Waals surface area contributed by atoms with Crippen molar-refractivity contribution in [2.24, 2.45) is 4.99 Å². The summed E-state index contributed by atoms with van der Waals surface area (Å²) in [6.45, 7) is 2.91. The van der Waals surface area contributed by atoms with Gasteiger partial charge in [0.15, 0.2) is 5.17 Å². The summed E-state index contributed by atoms with van der Waals surface area (Å²) in [6, 6.07) is 12.1. The normalized spacial score (nSPS) is 13.6. The number of amides is 1. The van der Waals surface area contributed by atoms with Crippen LogP contribution in [0.3, 0.4) is 0 Å². The maximum absolute atomic E-state index is 12.9. The van der Waals surface area contributed by atoms with E-state index >= 15 is 0 Å². The fraction of sp³-hybridized carbons (Fsp3) is 0.222. The maximum Gasteiger partial charge on any atom is 0.282 e. The molecule has 0 spiro atoms. The molecule has 134 valence electrons. The largest absolute Gasteiger partial charge is 0.285 e. The molecule has 0 saturated heterocycles. The lowest BCUT2D eigenvalue weighted by molar-refractivity contribution is -0.385. The third-order valence-electron chi connectivity index (χ3n) is 3.92. The summed E-state index contributed by atoms with van der Waals surface area (Å²) in [5.41, 5.74) is 2.03. The smallest absolute Gasteiger partial charge is 0.282 e. The van der Waals surface area contributed by atoms with Crippen molar-refractivity contribution < 1.29 is 9.72 Å². The van der Waals surface area contributed by atoms with Gasteiger partial charge in [0.2, 0.25) is 0 Å². The van der Waals surface area contributed by atoms with Crippen LogP contribution in [0.25, 0.3) is 0 Å². The van der Waals surface area contributed by atoms with E-state index in [1.807, 2.05) is 31.2 Å². The number of nitro groups is 1. The Morgan fingerprint density at radius 1 is 1.31 bits per heavy atom. The highest BCUT2D eigenvalue weighted by Gasteiger charge is 2.30. The number of hydrogen-bond acceptors (Lipinski definition) is 5. The van der Waals surface area contributed by atoms with Crippen molar-refractivity contribution in [2.45, 2.75) is 12.7 Å². The highest BCUT2D eigenvalue weighted by Crippen LogP contribution is 2.27. The summed E-state index contributed by atoms with van der Waals surface area (Å²) in [6.07, 6.45) is 0. The van der Waals surface area contributed by atoms with Crippen molar-refractivity contribution in [2.75, 3.05) is 13.1 Å². The molecule has 0 aromatic heterocycles. The van der Waals surface area contributed by atoms with Gasteiger partial charge in [0.25, 0.3) is 11.6 Å². The number of thioether (sulfide) groups is 1. The van der Waals surface area contributed by atoms with Crippen LogP contribution in [0.4, 0.5) is 5.69 Å². The number of aliphatic imine (C=N–C) groups is 1. The zero-order valence-electron chi connectivity index (χ0n) is 14.0. The van der Waals surface area contributed by atoms with Crippen LogP contribution in [-0.4, -0.2) is 34.0 Å². The van der Waals surface area contributed by atoms with E-state index in [4.69, 9.17) is 11.6 Å². The number of amidine groups is 1. The van der Waals surface area contributed by atoms with Crippen molar-refractivity contribution in [1.29, 1.82) is 0 Å². The number of aryl methyl sites for hydroxylation is 1. The van der Waals surface area contributed by atoms with Gasteiger partial charge in [0.1, 0.15) is 5.56 Å². The standard InChI is InChI=1S/C18H16ClN3O3S/c1-12-2-4-13(5-3-12)11-26-18-20-8-9-21(18)17(23)15-10-14(19)6-7-16(15)22(24)25/h2-7,10H,8-9,11H2,1H3. The van der Waals surface area contributed by atoms with Crippen LogP contribution in [0.1, 0.15) is 21.5 Å². The fourth-order valence-corrected chi connectivity index (χ4v) is 3.73. The molecule has 3 rings (SSSR count). The summed E-state index contributed by atoms with van der Waals surface area (Å²) in [5.74, 6) is 0.215. The Morgan fingerprint density at radius 3 is 2.73 bits per heavy atom. The van der Waals surface area contributed by atoms with E-state index in [0.29, 0.717) is 24.0 Å². The first-order valence-electron chi connectivity index (χ1n) is 7.94. The molecular formula is C18H16ClN3O3S. The molecule has 0 radical (unpaired) electrons. The minimum atomic E-state index is -0.574. The predicted octanol–water partition coefficient (Wildman–Crippen LogP) is 4.30. The first kappa shape index (κ1) is 18.4. The van der Waals surface area contributed by atoms with Crippen LogP contribution < -0.4 is 0 Å². The van der Waals surface area contributed by atoms with Crippen LogP contribution in [-0.2, 0) is 5.75 Å². The zero-order chi connectivity index (χ0) is 18.7. The Balaban J connectivity index is 1.77. The minimum absolute atomic E-state index is 0.0203. The zero-order valence-corrected chi connectivity index (χ0v) is 15.6. The molecule has 1 amide bonds. The highest BCUT2D eigenvalue weighted by atomic mass is 35.5. The lowest BCUT2D eigenvalue weighted by Crippen LogP contribution is -2.33. The van der Waals surface area contributed by atoms with E-state index < -0.39 is 10.8 Å². The first-order chi connectivity index (χ1) is 12.5. The highest BCUT2D eigenvalue weighted by molar-refractivity contribution is 8.13. The number of nitro benzene ring substituents is 1. The van der Waals surface area contributed by atoms with Gasteiger partial charge in [0.05, 0.1) is 11.5 Å². The molecule has 2 aromatic rings. The second-order valence-electron chi connectivity index (χ2n) is 5.81. The van der Waals surface area contributed by atoms with E-state index in [0.717, 1.165) is 5.56 Å². The Morgan fingerprint density at radius 2 is 2.04 bits per heavy atom. The van der Waals surface area contributed by atoms with Gasteiger partial charge in [-0.15, -0.1) is 0 Å². The van der Waals surface area contributed by atoms with Crippen LogP contribution >= 0.6 is 23.4 Å². The molecule has 0 fully saturated rings. The van der Waals surface area contributed by atoms with Gasteiger partial charge in [-0.05, 0) is 24.6 Å². The van der Waals surface area contributed by atoms with Crippen LogP contribution in [0, 0.1) is 17.0 Å². The Kier molecular flexibility index (Phi) is 5.58. The van der Waals surface area contributed by atoms with Crippen molar-refractivity contribution in [3.63, 3.8) is 0 Å². The summed E-state index contributed by atoms with van der Waals surface area (Å²) in [4.78, 5) is 29.4. The van der Waals surface area contributed by atoms with Crippen molar-refractivity contribution >= 4 is 40.1 Å². The molecule has 6 nitrogen and oxygen atoms in total. The molecule has 26 heavy (non-hydrogen) atoms. The summed E-state index contributed by atoms with van der Waals surface area (Å²) in [5, 5.41) is 12.1. The third kappa shape index (κ3) is 4.05. The second-order valence-corrected chi connectivity index (χ2v) is 7.19. The quantitative estimate of drug-likeness (QED) is 0.577. The number of carbonyl (C=O) groups is 1. The Bertz CT molecular complexity index is 884. The van der Waals surface area contributed by atoms with Crippen LogP contribution in [0.2, 0.25) is 5.02 Å². The molecular weight excluding hydrogens is 374 g/mol. The van der Waals surface area contributed by atoms with Crippen LogP contribution in [0.5, 0.6) is 0 Å². The Hall–Kier alpha value is -2.38. The summed E-state index contributed by atoms with van der Waals surface area (Å²) < 4.78 is 0. The minimum Gasteiger partial charge on any atom is -0.285 e. The molecule has 1 aliphatic rings. The van der Waals surface area contributed by atoms with E-state index in [1.165, 1.54) is 40.4 Å². The van der Waals surface area contributed by atoms with E-state index in [9.17, 15) is 14.9 Å². The van der Waals surface area contributed by atoms with Gasteiger partial charge in [-0.1, -0.05) is 53.2 Å². The number of carbonyl (C=O) groups excluding carboxylic acids is 1. The van der Waals surface area contributed by atoms with Crippen molar-refractivity contribution in [3.8, 4) is 0 Å². The fourth-order valence-electron chi connectivity index (χ4n) is 2.55. The van der Waals surface area contributed by atoms with Gasteiger partial charge in [-0.3, -0.25) is 24.8 Å². The third-order valence-corrected chi connectivity index (χ3v) is 5.24. The summed E-state index contributed by atoms with van der Waals surface area (Å²) >= 11 is 7.38. The average molecular weight is 390 g/mol. The van der Waals surface area contributed by atoms with E-state index in [1.54, 1.807) is 0 Å². The van der Waals surface area contributed by atoms with Gasteiger partial charge in [-0.25, -0.2) is 0 Å². The number of nitrogens with zero attached hydrogens (tertiary/aromatic N) is 3. The second kappa shape index (κ2) is 7.88. The molecule has 0 bridgehead atoms. The molecule has 0 atom stereocenters. The molecule has 0 N–H and O–H groups in total. The number of rotatable bonds is 4. The van der Waals surface area contributed by atoms with E-state index in [2.05, 4.69) is 4.99 Å². The first-order valence-corrected chi connectivity index (χ1v) is 9.30. The molecule has 8 heteroatoms. The Labute approximate surface area is 160 Å². The molecule has 1 aliphatic heterocycles. The SMILES string of the molecule is Cc1ccc(CSC2=NCCN2C(=O)c2cc(Cl)ccc2[N+](=O)[O-])cc1. The van der Waals surface area contributed by atoms with Crippen molar-refractivity contribution in [1.82, 2.24) is 4.90 Å². The summed E-state index contributed by atoms with van der Waals surface area (Å²) in [7, 11) is 0.